The molecule has 0 aliphatic rings. The molecular formula is C26H20F2N6O2. The predicted octanol–water partition coefficient (Wildman–Crippen LogP) is 3.02. The lowest BCUT2D eigenvalue weighted by Crippen LogP contribution is -2.48. The maximum atomic E-state index is 13.7. The molecule has 0 radical (unpaired) electrons. The van der Waals surface area contributed by atoms with Gasteiger partial charge in [0.25, 0.3) is 5.91 Å². The van der Waals surface area contributed by atoms with Crippen LogP contribution in [-0.4, -0.2) is 27.8 Å². The molecule has 0 saturated heterocycles. The minimum Gasteiger partial charge on any atom is -0.383 e. The summed E-state index contributed by atoms with van der Waals surface area (Å²) in [7, 11) is 0. The maximum Gasteiger partial charge on any atom is 0.270 e. The van der Waals surface area contributed by atoms with Gasteiger partial charge in [-0.15, -0.1) is 0 Å². The van der Waals surface area contributed by atoms with Crippen molar-refractivity contribution in [1.29, 1.82) is 5.26 Å². The minimum absolute atomic E-state index is 0.00202. The van der Waals surface area contributed by atoms with E-state index in [2.05, 4.69) is 20.6 Å². The zero-order chi connectivity index (χ0) is 25.7. The van der Waals surface area contributed by atoms with Crippen LogP contribution in [0, 0.1) is 23.0 Å². The summed E-state index contributed by atoms with van der Waals surface area (Å²) in [5, 5.41) is 15.9. The highest BCUT2D eigenvalue weighted by Crippen LogP contribution is 2.20. The summed E-state index contributed by atoms with van der Waals surface area (Å²) < 4.78 is 27.1. The quantitative estimate of drug-likeness (QED) is 0.368. The number of hydrogen-bond donors (Lipinski definition) is 3. The summed E-state index contributed by atoms with van der Waals surface area (Å²) in [6.07, 6.45) is 2.73. The number of amides is 2. The van der Waals surface area contributed by atoms with Gasteiger partial charge in [-0.3, -0.25) is 9.59 Å². The fraction of sp³-hybridized carbons (Fsp3) is 0.115. The van der Waals surface area contributed by atoms with Gasteiger partial charge in [-0.2, -0.15) is 5.26 Å². The number of nitrogens with zero attached hydrogens (tertiary/aromatic N) is 3. The van der Waals surface area contributed by atoms with Gasteiger partial charge >= 0.3 is 0 Å². The largest absolute Gasteiger partial charge is 0.383 e. The van der Waals surface area contributed by atoms with Crippen molar-refractivity contribution >= 4 is 28.4 Å². The average molecular weight is 486 g/mol. The molecule has 2 amide bonds. The Balaban J connectivity index is 1.52. The van der Waals surface area contributed by atoms with Crippen molar-refractivity contribution in [2.75, 3.05) is 5.73 Å². The second kappa shape index (κ2) is 10.6. The normalized spacial score (nSPS) is 11.5. The standard InChI is InChI=1S/C26H20F2N6O2/c27-20-5-2-15(10-21(20)28)11-23(34-26(36)22-6-3-17(12-29)14-32-22)25(35)33-13-16-1-4-19-18(9-16)7-8-31-24(19)30/h1-10,14,23H,11,13H2,(H2,30,31)(H,33,35)(H,34,36)/t23-/m0/s1. The topological polar surface area (TPSA) is 134 Å². The van der Waals surface area contributed by atoms with Crippen LogP contribution in [-0.2, 0) is 17.8 Å². The number of rotatable bonds is 7. The van der Waals surface area contributed by atoms with E-state index in [1.165, 1.54) is 24.4 Å². The van der Waals surface area contributed by atoms with E-state index in [1.807, 2.05) is 12.1 Å². The van der Waals surface area contributed by atoms with Crippen molar-refractivity contribution in [2.24, 2.45) is 0 Å². The van der Waals surface area contributed by atoms with Gasteiger partial charge in [0.2, 0.25) is 5.91 Å². The number of carbonyl (C=O) groups is 2. The number of nitrogens with one attached hydrogen (secondary N) is 2. The van der Waals surface area contributed by atoms with Crippen molar-refractivity contribution < 1.29 is 18.4 Å². The van der Waals surface area contributed by atoms with Crippen molar-refractivity contribution in [3.63, 3.8) is 0 Å². The number of halogens is 2. The van der Waals surface area contributed by atoms with Gasteiger partial charge < -0.3 is 16.4 Å². The number of fused-ring (bicyclic) bond motifs is 1. The van der Waals surface area contributed by atoms with Gasteiger partial charge in [0.05, 0.1) is 5.56 Å². The molecule has 4 aromatic rings. The highest BCUT2D eigenvalue weighted by Gasteiger charge is 2.23. The predicted molar refractivity (Wildman–Crippen MR) is 128 cm³/mol. The molecule has 4 N–H and O–H groups in total. The molecule has 1 atom stereocenters. The fourth-order valence-corrected chi connectivity index (χ4v) is 3.61. The number of aromatic nitrogens is 2. The monoisotopic (exact) mass is 486 g/mol. The summed E-state index contributed by atoms with van der Waals surface area (Å²) in [5.41, 5.74) is 7.25. The smallest absolute Gasteiger partial charge is 0.270 e. The maximum absolute atomic E-state index is 13.7. The van der Waals surface area contributed by atoms with Crippen LogP contribution >= 0.6 is 0 Å². The van der Waals surface area contributed by atoms with Crippen molar-refractivity contribution in [1.82, 2.24) is 20.6 Å². The fourth-order valence-electron chi connectivity index (χ4n) is 3.61. The number of nitrogen functional groups attached to an aromatic ring is 1. The molecule has 8 nitrogen and oxygen atoms in total. The molecule has 36 heavy (non-hydrogen) atoms. The molecule has 2 aromatic carbocycles. The first-order chi connectivity index (χ1) is 17.3. The van der Waals surface area contributed by atoms with E-state index in [0.29, 0.717) is 11.4 Å². The Hall–Kier alpha value is -4.91. The number of nitrogens with two attached hydrogens (primary N) is 1. The minimum atomic E-state index is -1.11. The molecule has 0 saturated carbocycles. The number of hydrogen-bond acceptors (Lipinski definition) is 6. The van der Waals surface area contributed by atoms with Gasteiger partial charge in [0.1, 0.15) is 23.6 Å². The Labute approximate surface area is 204 Å². The Kier molecular flexibility index (Phi) is 7.11. The number of pyridine rings is 2. The third kappa shape index (κ3) is 5.59. The Morgan fingerprint density at radius 3 is 2.53 bits per heavy atom. The molecular weight excluding hydrogens is 466 g/mol. The van der Waals surface area contributed by atoms with E-state index in [-0.39, 0.29) is 24.2 Å². The third-order valence-electron chi connectivity index (χ3n) is 5.50. The van der Waals surface area contributed by atoms with E-state index in [1.54, 1.807) is 24.4 Å². The molecule has 0 aliphatic carbocycles. The highest BCUT2D eigenvalue weighted by atomic mass is 19.2. The lowest BCUT2D eigenvalue weighted by atomic mass is 10.0. The summed E-state index contributed by atoms with van der Waals surface area (Å²) in [6.45, 7) is 0.149. The first-order valence-corrected chi connectivity index (χ1v) is 10.9. The summed E-state index contributed by atoms with van der Waals surface area (Å²) >= 11 is 0. The SMILES string of the molecule is N#Cc1ccc(C(=O)N[C@@H](Cc2ccc(F)c(F)c2)C(=O)NCc2ccc3c(N)nccc3c2)nc1. The molecule has 0 fully saturated rings. The van der Waals surface area contributed by atoms with Gasteiger partial charge in [-0.1, -0.05) is 18.2 Å². The lowest BCUT2D eigenvalue weighted by molar-refractivity contribution is -0.123. The zero-order valence-electron chi connectivity index (χ0n) is 18.8. The first-order valence-electron chi connectivity index (χ1n) is 10.9. The van der Waals surface area contributed by atoms with E-state index in [0.717, 1.165) is 28.5 Å². The number of anilines is 1. The summed E-state index contributed by atoms with van der Waals surface area (Å²) in [5.74, 6) is -2.87. The number of nitriles is 1. The van der Waals surface area contributed by atoms with Crippen LogP contribution in [0.4, 0.5) is 14.6 Å². The molecule has 180 valence electrons. The molecule has 4 rings (SSSR count). The lowest BCUT2D eigenvalue weighted by Gasteiger charge is -2.19. The van der Waals surface area contributed by atoms with Crippen LogP contribution in [0.3, 0.4) is 0 Å². The van der Waals surface area contributed by atoms with Crippen LogP contribution in [0.25, 0.3) is 10.8 Å². The van der Waals surface area contributed by atoms with Crippen LogP contribution < -0.4 is 16.4 Å². The molecule has 0 unspecified atom stereocenters. The Morgan fingerprint density at radius 1 is 1.00 bits per heavy atom. The second-order valence-electron chi connectivity index (χ2n) is 7.99. The summed E-state index contributed by atoms with van der Waals surface area (Å²) in [4.78, 5) is 33.8. The molecule has 2 heterocycles. The van der Waals surface area contributed by atoms with Crippen LogP contribution in [0.5, 0.6) is 0 Å². The molecule has 10 heteroatoms. The number of benzene rings is 2. The van der Waals surface area contributed by atoms with E-state index in [9.17, 15) is 18.4 Å². The Morgan fingerprint density at radius 2 is 1.81 bits per heavy atom. The Bertz CT molecular complexity index is 1480. The van der Waals surface area contributed by atoms with Crippen molar-refractivity contribution in [3.05, 3.63) is 101 Å². The van der Waals surface area contributed by atoms with E-state index < -0.39 is 29.5 Å². The second-order valence-corrected chi connectivity index (χ2v) is 7.99. The van der Waals surface area contributed by atoms with E-state index >= 15 is 0 Å². The van der Waals surface area contributed by atoms with Gasteiger partial charge in [-0.25, -0.2) is 18.7 Å². The van der Waals surface area contributed by atoms with Gasteiger partial charge in [0, 0.05) is 30.7 Å². The number of carbonyl (C=O) groups excluding carboxylic acids is 2. The van der Waals surface area contributed by atoms with Crippen molar-refractivity contribution in [3.8, 4) is 6.07 Å². The van der Waals surface area contributed by atoms with Gasteiger partial charge in [-0.05, 0) is 52.9 Å². The third-order valence-corrected chi connectivity index (χ3v) is 5.50. The first kappa shape index (κ1) is 24.2. The van der Waals surface area contributed by atoms with Crippen molar-refractivity contribution in [2.45, 2.75) is 19.0 Å². The van der Waals surface area contributed by atoms with Gasteiger partial charge in [0.15, 0.2) is 11.6 Å². The van der Waals surface area contributed by atoms with Crippen LogP contribution in [0.15, 0.2) is 67.0 Å². The summed E-state index contributed by atoms with van der Waals surface area (Å²) in [6, 6.07) is 14.1. The van der Waals surface area contributed by atoms with Crippen LogP contribution in [0.2, 0.25) is 0 Å². The molecule has 0 bridgehead atoms. The highest BCUT2D eigenvalue weighted by molar-refractivity contribution is 5.96. The molecule has 2 aromatic heterocycles. The van der Waals surface area contributed by atoms with Crippen LogP contribution in [0.1, 0.15) is 27.2 Å². The molecule has 0 aliphatic heterocycles. The zero-order valence-corrected chi connectivity index (χ0v) is 18.8. The average Bonchev–Trinajstić information content (AvgIpc) is 2.89. The van der Waals surface area contributed by atoms with E-state index in [4.69, 9.17) is 11.0 Å². The molecule has 0 spiro atoms.